The number of aromatic amines is 2. The van der Waals surface area contributed by atoms with Crippen LogP contribution in [0.15, 0.2) is 121 Å². The van der Waals surface area contributed by atoms with E-state index in [1.807, 2.05) is 60.7 Å². The molecule has 8 aromatic rings. The van der Waals surface area contributed by atoms with E-state index >= 15 is 0 Å². The number of nitrogens with one attached hydrogen (secondary N) is 4. The molecule has 4 aromatic carbocycles. The van der Waals surface area contributed by atoms with Crippen LogP contribution in [0.1, 0.15) is 33.5 Å². The molecule has 58 heavy (non-hydrogen) atoms. The largest absolute Gasteiger partial charge is 1.00 e. The minimum atomic E-state index is -0.412. The average molecular weight is 807 g/mol. The van der Waals surface area contributed by atoms with Crippen molar-refractivity contribution in [3.63, 3.8) is 0 Å². The van der Waals surface area contributed by atoms with Gasteiger partial charge in [-0.05, 0) is 54.6 Å². The summed E-state index contributed by atoms with van der Waals surface area (Å²) >= 11 is 6.02. The number of hydrogen-bond acceptors (Lipinski definition) is 6. The van der Waals surface area contributed by atoms with Crippen LogP contribution in [0.5, 0.6) is 17.4 Å². The Morgan fingerprint density at radius 1 is 0.621 bits per heavy atom. The van der Waals surface area contributed by atoms with Crippen LogP contribution in [-0.4, -0.2) is 49.9 Å². The van der Waals surface area contributed by atoms with Crippen molar-refractivity contribution in [2.45, 2.75) is 12.8 Å². The van der Waals surface area contributed by atoms with E-state index in [-0.39, 0.29) is 54.4 Å². The van der Waals surface area contributed by atoms with E-state index in [4.69, 9.17) is 21.4 Å². The van der Waals surface area contributed by atoms with Gasteiger partial charge in [-0.15, -0.1) is 0 Å². The molecule has 5 N–H and O–H groups in total. The predicted octanol–water partition coefficient (Wildman–Crippen LogP) is 6.26. The second-order valence-electron chi connectivity index (χ2n) is 13.2. The number of pyridine rings is 2. The quantitative estimate of drug-likeness (QED) is 0.105. The molecule has 0 saturated carbocycles. The van der Waals surface area contributed by atoms with Gasteiger partial charge in [-0.3, -0.25) is 9.59 Å². The molecule has 10 rings (SSSR count). The zero-order valence-corrected chi connectivity index (χ0v) is 33.8. The van der Waals surface area contributed by atoms with Crippen LogP contribution >= 0.6 is 11.6 Å². The number of phenols is 1. The molecule has 0 bridgehead atoms. The molecular formula is C44H34ClF2N6NaO4. The number of ether oxygens (including phenoxy) is 1. The summed E-state index contributed by atoms with van der Waals surface area (Å²) < 4.78 is 31.2. The second-order valence-corrected chi connectivity index (χ2v) is 13.6. The normalized spacial score (nSPS) is 12.7. The predicted molar refractivity (Wildman–Crippen MR) is 216 cm³/mol. The number of benzene rings is 4. The van der Waals surface area contributed by atoms with Crippen molar-refractivity contribution in [2.24, 2.45) is 0 Å². The number of H-pyrrole nitrogens is 2. The Morgan fingerprint density at radius 3 is 1.69 bits per heavy atom. The van der Waals surface area contributed by atoms with Crippen molar-refractivity contribution in [1.82, 2.24) is 30.6 Å². The van der Waals surface area contributed by atoms with Crippen molar-refractivity contribution in [3.05, 3.63) is 161 Å². The zero-order valence-electron chi connectivity index (χ0n) is 32.1. The molecule has 14 heteroatoms. The van der Waals surface area contributed by atoms with Crippen molar-refractivity contribution in [1.29, 1.82) is 0 Å². The van der Waals surface area contributed by atoms with Crippen LogP contribution in [0.3, 0.4) is 0 Å². The van der Waals surface area contributed by atoms with Gasteiger partial charge in [0.25, 0.3) is 11.8 Å². The van der Waals surface area contributed by atoms with Crippen LogP contribution in [0, 0.1) is 11.6 Å². The number of aromatic nitrogens is 4. The number of rotatable bonds is 4. The molecule has 0 saturated heterocycles. The fraction of sp³-hybridized carbons (Fsp3) is 0.0909. The van der Waals surface area contributed by atoms with Crippen LogP contribution in [0.4, 0.5) is 8.78 Å². The van der Waals surface area contributed by atoms with Crippen LogP contribution in [-0.2, 0) is 12.8 Å². The van der Waals surface area contributed by atoms with E-state index in [0.717, 1.165) is 80.2 Å². The minimum absolute atomic E-state index is 0. The van der Waals surface area contributed by atoms with E-state index in [1.165, 1.54) is 30.3 Å². The maximum atomic E-state index is 13.4. The zero-order chi connectivity index (χ0) is 39.5. The van der Waals surface area contributed by atoms with E-state index in [2.05, 4.69) is 30.6 Å². The smallest absolute Gasteiger partial charge is 1.00 e. The van der Waals surface area contributed by atoms with E-state index in [0.29, 0.717) is 35.4 Å². The van der Waals surface area contributed by atoms with Crippen LogP contribution in [0.25, 0.3) is 44.3 Å². The SMILES string of the molecule is O=C1NCCc2[nH]c(-c3cccc4ccc(Cl)nc34)cc21.O=C1NCCc2[nH]c(-c3cccc4ccc(Oc5cccc(F)c5)nc34)cc21.Oc1cccc(F)c1.[H-].[Na+]. The number of phenolic OH excluding ortho intramolecular Hbond substituents is 1. The Morgan fingerprint density at radius 2 is 1.16 bits per heavy atom. The summed E-state index contributed by atoms with van der Waals surface area (Å²) in [5.74, 6) is -0.141. The topological polar surface area (TPSA) is 145 Å². The molecule has 0 radical (unpaired) electrons. The fourth-order valence-corrected chi connectivity index (χ4v) is 6.90. The summed E-state index contributed by atoms with van der Waals surface area (Å²) in [6, 6.07) is 34.1. The summed E-state index contributed by atoms with van der Waals surface area (Å²) in [6.45, 7) is 1.30. The van der Waals surface area contributed by atoms with Crippen molar-refractivity contribution in [2.75, 3.05) is 13.1 Å². The van der Waals surface area contributed by atoms with E-state index < -0.39 is 5.82 Å². The molecule has 0 fully saturated rings. The summed E-state index contributed by atoms with van der Waals surface area (Å²) in [7, 11) is 0. The second kappa shape index (κ2) is 17.6. The molecule has 0 aliphatic carbocycles. The van der Waals surface area contributed by atoms with Gasteiger partial charge in [-0.1, -0.05) is 60.1 Å². The molecule has 0 spiro atoms. The van der Waals surface area contributed by atoms with Gasteiger partial charge in [-0.25, -0.2) is 18.7 Å². The van der Waals surface area contributed by atoms with Crippen LogP contribution in [0.2, 0.25) is 5.15 Å². The number of amides is 2. The number of aromatic hydroxyl groups is 1. The summed E-state index contributed by atoms with van der Waals surface area (Å²) in [6.07, 6.45) is 1.59. The monoisotopic (exact) mass is 806 g/mol. The Bertz CT molecular complexity index is 2800. The molecule has 286 valence electrons. The van der Waals surface area contributed by atoms with Crippen molar-refractivity contribution < 1.29 is 59.2 Å². The maximum Gasteiger partial charge on any atom is 1.00 e. The summed E-state index contributed by atoms with van der Waals surface area (Å²) in [4.78, 5) is 39.7. The first-order chi connectivity index (χ1) is 27.7. The molecule has 0 unspecified atom stereocenters. The number of para-hydroxylation sites is 2. The number of carbonyl (C=O) groups excluding carboxylic acids is 2. The van der Waals surface area contributed by atoms with Gasteiger partial charge in [-0.2, -0.15) is 0 Å². The third-order valence-corrected chi connectivity index (χ3v) is 9.61. The van der Waals surface area contributed by atoms with Gasteiger partial charge in [0.05, 0.1) is 22.2 Å². The first-order valence-corrected chi connectivity index (χ1v) is 18.4. The molecule has 6 heterocycles. The molecular weight excluding hydrogens is 773 g/mol. The third kappa shape index (κ3) is 8.90. The van der Waals surface area contributed by atoms with E-state index in [1.54, 1.807) is 24.3 Å². The average Bonchev–Trinajstić information content (AvgIpc) is 3.85. The molecule has 2 aliphatic rings. The molecule has 2 aliphatic heterocycles. The minimum Gasteiger partial charge on any atom is -1.00 e. The Kier molecular flexibility index (Phi) is 12.2. The maximum absolute atomic E-state index is 13.4. The standard InChI is InChI=1S/C22H16FN3O2.C16H12ClN3O.C6H5FO.Na.H/c23-14-4-2-5-15(11-14)28-20-8-7-13-3-1-6-16(21(13)26-20)19-12-17-18(25-19)9-10-24-22(17)27;17-14-5-4-9-2-1-3-10(15(9)20-14)13-8-11-12(19-13)6-7-18-16(11)21;7-5-2-1-3-6(8)4-5;;/h1-8,11-12,25H,9-10H2,(H,24,27);1-5,8,19H,6-7H2,(H,18,21);1-4,8H;;/q;;;+1;-1. The molecule has 0 atom stereocenters. The molecule has 2 amide bonds. The Balaban J connectivity index is 0.000000166. The van der Waals surface area contributed by atoms with Gasteiger partial charge in [0, 0.05) is 88.8 Å². The summed E-state index contributed by atoms with van der Waals surface area (Å²) in [5.41, 5.74) is 8.46. The summed E-state index contributed by atoms with van der Waals surface area (Å²) in [5, 5.41) is 16.7. The number of hydrogen-bond donors (Lipinski definition) is 5. The first kappa shape index (κ1) is 40.2. The van der Waals surface area contributed by atoms with Gasteiger partial charge in [0.2, 0.25) is 5.88 Å². The number of halogens is 3. The van der Waals surface area contributed by atoms with Crippen LogP contribution < -0.4 is 44.9 Å². The van der Waals surface area contributed by atoms with Gasteiger partial charge in [0.15, 0.2) is 0 Å². The van der Waals surface area contributed by atoms with Crippen molar-refractivity contribution in [3.8, 4) is 39.9 Å². The van der Waals surface area contributed by atoms with Gasteiger partial charge in [0.1, 0.15) is 28.3 Å². The van der Waals surface area contributed by atoms with Crippen molar-refractivity contribution >= 4 is 45.2 Å². The number of carbonyl (C=O) groups is 2. The number of nitrogens with zero attached hydrogens (tertiary/aromatic N) is 2. The first-order valence-electron chi connectivity index (χ1n) is 18.0. The fourth-order valence-electron chi connectivity index (χ4n) is 6.75. The van der Waals surface area contributed by atoms with E-state index in [9.17, 15) is 18.4 Å². The Labute approximate surface area is 359 Å². The third-order valence-electron chi connectivity index (χ3n) is 9.40. The molecule has 10 nitrogen and oxygen atoms in total. The molecule has 4 aromatic heterocycles. The van der Waals surface area contributed by atoms with Gasteiger partial charge >= 0.3 is 29.6 Å². The Hall–Kier alpha value is -6.05. The van der Waals surface area contributed by atoms with Gasteiger partial charge < -0.3 is 31.9 Å². The number of fused-ring (bicyclic) bond motifs is 4.